The molecule has 1 heterocycles. The molecule has 110 valence electrons. The molecule has 8 heteroatoms. The first kappa shape index (κ1) is 14.6. The summed E-state index contributed by atoms with van der Waals surface area (Å²) in [4.78, 5) is 21.3. The van der Waals surface area contributed by atoms with Crippen LogP contribution in [0.15, 0.2) is 36.7 Å². The summed E-state index contributed by atoms with van der Waals surface area (Å²) in [6.07, 6.45) is 3.56. The first-order valence-electron chi connectivity index (χ1n) is 6.01. The Balaban J connectivity index is 2.10. The van der Waals surface area contributed by atoms with Crippen molar-refractivity contribution in [3.05, 3.63) is 64.0 Å². The highest BCUT2D eigenvalue weighted by atomic mass is 19.1. The summed E-state index contributed by atoms with van der Waals surface area (Å²) in [5, 5.41) is 13.0. The molecule has 0 atom stereocenters. The number of nitro groups is 1. The van der Waals surface area contributed by atoms with Crippen LogP contribution in [0.1, 0.15) is 10.4 Å². The van der Waals surface area contributed by atoms with Gasteiger partial charge in [0.2, 0.25) is 5.82 Å². The molecule has 0 bridgehead atoms. The minimum atomic E-state index is -1.35. The lowest BCUT2D eigenvalue weighted by Crippen LogP contribution is -2.28. The molecule has 0 spiro atoms. The molecule has 1 amide bonds. The number of carbonyl (C=O) groups excluding carboxylic acids is 1. The number of hydrogen-bond acceptors (Lipinski definition) is 3. The van der Waals surface area contributed by atoms with Gasteiger partial charge < -0.3 is 9.88 Å². The van der Waals surface area contributed by atoms with Gasteiger partial charge in [0.1, 0.15) is 5.82 Å². The van der Waals surface area contributed by atoms with Crippen LogP contribution < -0.4 is 5.32 Å². The zero-order chi connectivity index (χ0) is 15.4. The van der Waals surface area contributed by atoms with Gasteiger partial charge in [0.15, 0.2) is 0 Å². The smallest absolute Gasteiger partial charge is 0.308 e. The van der Waals surface area contributed by atoms with E-state index in [1.54, 1.807) is 29.1 Å². The third kappa shape index (κ3) is 3.41. The van der Waals surface area contributed by atoms with Crippen molar-refractivity contribution in [1.29, 1.82) is 0 Å². The van der Waals surface area contributed by atoms with E-state index in [-0.39, 0.29) is 6.54 Å². The van der Waals surface area contributed by atoms with Crippen LogP contribution in [0.3, 0.4) is 0 Å². The maximum atomic E-state index is 13.8. The molecule has 2 rings (SSSR count). The van der Waals surface area contributed by atoms with Gasteiger partial charge in [0.05, 0.1) is 16.6 Å². The summed E-state index contributed by atoms with van der Waals surface area (Å²) < 4.78 is 28.8. The Morgan fingerprint density at radius 2 is 1.95 bits per heavy atom. The van der Waals surface area contributed by atoms with Crippen molar-refractivity contribution in [2.24, 2.45) is 0 Å². The molecule has 0 saturated heterocycles. The third-order valence-electron chi connectivity index (χ3n) is 2.78. The topological polar surface area (TPSA) is 77.2 Å². The van der Waals surface area contributed by atoms with E-state index in [4.69, 9.17) is 0 Å². The summed E-state index contributed by atoms with van der Waals surface area (Å²) >= 11 is 0. The number of nitro benzene ring substituents is 1. The Hall–Kier alpha value is -2.77. The largest absolute Gasteiger partial charge is 0.353 e. The zero-order valence-electron chi connectivity index (χ0n) is 10.8. The fraction of sp³-hybridized carbons (Fsp3) is 0.154. The number of hydrogen-bond donors (Lipinski definition) is 1. The number of halogens is 2. The summed E-state index contributed by atoms with van der Waals surface area (Å²) in [5.41, 5.74) is -1.75. The van der Waals surface area contributed by atoms with Crippen LogP contribution in [-0.2, 0) is 6.54 Å². The molecular formula is C13H11F2N3O3. The van der Waals surface area contributed by atoms with E-state index in [2.05, 4.69) is 5.32 Å². The highest BCUT2D eigenvalue weighted by Crippen LogP contribution is 2.22. The summed E-state index contributed by atoms with van der Waals surface area (Å²) in [7, 11) is 0. The van der Waals surface area contributed by atoms with Crippen molar-refractivity contribution in [3.8, 4) is 0 Å². The molecule has 21 heavy (non-hydrogen) atoms. The fourth-order valence-corrected chi connectivity index (χ4v) is 1.79. The van der Waals surface area contributed by atoms with Crippen LogP contribution in [0.4, 0.5) is 14.5 Å². The van der Waals surface area contributed by atoms with Gasteiger partial charge in [0.25, 0.3) is 5.91 Å². The normalized spacial score (nSPS) is 10.4. The van der Waals surface area contributed by atoms with Crippen molar-refractivity contribution in [2.75, 3.05) is 6.54 Å². The van der Waals surface area contributed by atoms with Crippen molar-refractivity contribution in [1.82, 2.24) is 9.88 Å². The Morgan fingerprint density at radius 1 is 1.29 bits per heavy atom. The quantitative estimate of drug-likeness (QED) is 0.678. The van der Waals surface area contributed by atoms with Gasteiger partial charge in [0, 0.05) is 25.5 Å². The van der Waals surface area contributed by atoms with Crippen molar-refractivity contribution < 1.29 is 18.5 Å². The van der Waals surface area contributed by atoms with Gasteiger partial charge in [-0.25, -0.2) is 4.39 Å². The van der Waals surface area contributed by atoms with Gasteiger partial charge in [-0.2, -0.15) is 4.39 Å². The number of nitrogens with zero attached hydrogens (tertiary/aromatic N) is 2. The molecule has 2 aromatic rings. The first-order chi connectivity index (χ1) is 9.99. The molecule has 0 aliphatic heterocycles. The first-order valence-corrected chi connectivity index (χ1v) is 6.01. The number of nitrogens with one attached hydrogen (secondary N) is 1. The average Bonchev–Trinajstić information content (AvgIpc) is 2.93. The highest BCUT2D eigenvalue weighted by Gasteiger charge is 2.23. The third-order valence-corrected chi connectivity index (χ3v) is 2.78. The maximum Gasteiger partial charge on any atom is 0.308 e. The van der Waals surface area contributed by atoms with E-state index in [0.29, 0.717) is 18.7 Å². The SMILES string of the molecule is O=C(NCCn1cccc1)c1cc(F)cc([N+](=O)[O-])c1F. The number of carbonyl (C=O) groups is 1. The maximum absolute atomic E-state index is 13.8. The van der Waals surface area contributed by atoms with Crippen LogP contribution in [-0.4, -0.2) is 21.9 Å². The molecule has 0 saturated carbocycles. The molecule has 0 aliphatic rings. The Morgan fingerprint density at radius 3 is 2.57 bits per heavy atom. The monoisotopic (exact) mass is 295 g/mol. The lowest BCUT2D eigenvalue weighted by Gasteiger charge is -2.07. The van der Waals surface area contributed by atoms with E-state index in [1.165, 1.54) is 0 Å². The lowest BCUT2D eigenvalue weighted by atomic mass is 10.1. The number of rotatable bonds is 5. The van der Waals surface area contributed by atoms with Crippen molar-refractivity contribution in [2.45, 2.75) is 6.54 Å². The van der Waals surface area contributed by atoms with E-state index >= 15 is 0 Å². The fourth-order valence-electron chi connectivity index (χ4n) is 1.79. The van der Waals surface area contributed by atoms with Crippen LogP contribution in [0, 0.1) is 21.7 Å². The van der Waals surface area contributed by atoms with Crippen LogP contribution in [0.2, 0.25) is 0 Å². The van der Waals surface area contributed by atoms with Gasteiger partial charge >= 0.3 is 5.69 Å². The van der Waals surface area contributed by atoms with Crippen LogP contribution in [0.5, 0.6) is 0 Å². The minimum Gasteiger partial charge on any atom is -0.353 e. The molecule has 0 aliphatic carbocycles. The Bertz CT molecular complexity index is 672. The molecule has 1 aromatic carbocycles. The predicted molar refractivity (Wildman–Crippen MR) is 69.8 cm³/mol. The minimum absolute atomic E-state index is 0.178. The Kier molecular flexibility index (Phi) is 4.27. The van der Waals surface area contributed by atoms with Crippen molar-refractivity contribution in [3.63, 3.8) is 0 Å². The predicted octanol–water partition coefficient (Wildman–Crippen LogP) is 2.10. The molecule has 6 nitrogen and oxygen atoms in total. The van der Waals surface area contributed by atoms with E-state index in [9.17, 15) is 23.7 Å². The second-order valence-corrected chi connectivity index (χ2v) is 4.22. The molecule has 1 N–H and O–H groups in total. The number of benzene rings is 1. The Labute approximate surface area is 118 Å². The number of aromatic nitrogens is 1. The average molecular weight is 295 g/mol. The summed E-state index contributed by atoms with van der Waals surface area (Å²) in [6, 6.07) is 4.67. The highest BCUT2D eigenvalue weighted by molar-refractivity contribution is 5.95. The van der Waals surface area contributed by atoms with Crippen LogP contribution >= 0.6 is 0 Å². The number of amides is 1. The van der Waals surface area contributed by atoms with Crippen LogP contribution in [0.25, 0.3) is 0 Å². The molecule has 0 fully saturated rings. The van der Waals surface area contributed by atoms with E-state index in [1.807, 2.05) is 0 Å². The van der Waals surface area contributed by atoms with Gasteiger partial charge in [-0.05, 0) is 18.2 Å². The second-order valence-electron chi connectivity index (χ2n) is 4.22. The van der Waals surface area contributed by atoms with Gasteiger partial charge in [-0.3, -0.25) is 14.9 Å². The molecular weight excluding hydrogens is 284 g/mol. The lowest BCUT2D eigenvalue weighted by molar-refractivity contribution is -0.387. The molecule has 0 radical (unpaired) electrons. The van der Waals surface area contributed by atoms with E-state index in [0.717, 1.165) is 0 Å². The van der Waals surface area contributed by atoms with E-state index < -0.39 is 33.7 Å². The van der Waals surface area contributed by atoms with Gasteiger partial charge in [-0.15, -0.1) is 0 Å². The summed E-state index contributed by atoms with van der Waals surface area (Å²) in [5.74, 6) is -3.29. The molecule has 0 unspecified atom stereocenters. The standard InChI is InChI=1S/C13H11F2N3O3/c14-9-7-10(12(15)11(8-9)18(20)21)13(19)16-3-6-17-4-1-2-5-17/h1-2,4-5,7-8H,3,6H2,(H,16,19). The summed E-state index contributed by atoms with van der Waals surface area (Å²) in [6.45, 7) is 0.620. The van der Waals surface area contributed by atoms with Gasteiger partial charge in [-0.1, -0.05) is 0 Å². The molecule has 1 aromatic heterocycles. The van der Waals surface area contributed by atoms with Crippen molar-refractivity contribution >= 4 is 11.6 Å². The second kappa shape index (κ2) is 6.12. The zero-order valence-corrected chi connectivity index (χ0v) is 10.8.